The first kappa shape index (κ1) is 12.2. The van der Waals surface area contributed by atoms with E-state index in [1.54, 1.807) is 0 Å². The number of nitrogens with zero attached hydrogens (tertiary/aromatic N) is 2. The zero-order valence-electron chi connectivity index (χ0n) is 9.42. The van der Waals surface area contributed by atoms with Gasteiger partial charge in [0.05, 0.1) is 0 Å². The molecule has 1 aliphatic heterocycles. The lowest BCUT2D eigenvalue weighted by atomic mass is 10.2. The van der Waals surface area contributed by atoms with Gasteiger partial charge in [0.1, 0.15) is 0 Å². The van der Waals surface area contributed by atoms with Crippen LogP contribution < -0.4 is 0 Å². The van der Waals surface area contributed by atoms with E-state index >= 15 is 0 Å². The van der Waals surface area contributed by atoms with Crippen LogP contribution in [0.1, 0.15) is 5.56 Å². The Morgan fingerprint density at radius 1 is 1.12 bits per heavy atom. The lowest BCUT2D eigenvalue weighted by Gasteiger charge is -2.32. The first-order valence-corrected chi connectivity index (χ1v) is 6.25. The summed E-state index contributed by atoms with van der Waals surface area (Å²) < 4.78 is 0. The minimum Gasteiger partial charge on any atom is -0.304 e. The van der Waals surface area contributed by atoms with Crippen LogP contribution in [-0.4, -0.2) is 43.0 Å². The van der Waals surface area contributed by atoms with E-state index in [2.05, 4.69) is 16.8 Å². The lowest BCUT2D eigenvalue weighted by molar-refractivity contribution is 0.148. The number of piperazine rings is 1. The Labute approximate surface area is 107 Å². The van der Waals surface area contributed by atoms with E-state index in [0.29, 0.717) is 5.02 Å². The molecule has 0 bridgehead atoms. The van der Waals surface area contributed by atoms with Gasteiger partial charge in [-0.1, -0.05) is 29.3 Å². The standard InChI is InChI=1S/C12H16Cl2N2/c1-15-4-6-16(7-5-15)9-10-2-3-11(13)8-12(10)14/h2-3,8H,4-7,9H2,1H3. The smallest absolute Gasteiger partial charge is 0.0465 e. The number of benzene rings is 1. The summed E-state index contributed by atoms with van der Waals surface area (Å²) in [5.74, 6) is 0. The van der Waals surface area contributed by atoms with E-state index in [1.165, 1.54) is 0 Å². The molecule has 2 nitrogen and oxygen atoms in total. The molecule has 0 unspecified atom stereocenters. The number of hydrogen-bond acceptors (Lipinski definition) is 2. The minimum atomic E-state index is 0.701. The third-order valence-electron chi connectivity index (χ3n) is 3.00. The van der Waals surface area contributed by atoms with Crippen molar-refractivity contribution in [3.8, 4) is 0 Å². The Morgan fingerprint density at radius 3 is 2.44 bits per heavy atom. The van der Waals surface area contributed by atoms with Gasteiger partial charge in [-0.15, -0.1) is 0 Å². The van der Waals surface area contributed by atoms with Gasteiger partial charge in [-0.2, -0.15) is 0 Å². The topological polar surface area (TPSA) is 6.48 Å². The fourth-order valence-corrected chi connectivity index (χ4v) is 2.37. The van der Waals surface area contributed by atoms with Crippen molar-refractivity contribution in [1.82, 2.24) is 9.80 Å². The number of likely N-dealkylation sites (N-methyl/N-ethyl adjacent to an activating group) is 1. The zero-order valence-corrected chi connectivity index (χ0v) is 10.9. The summed E-state index contributed by atoms with van der Waals surface area (Å²) in [6, 6.07) is 5.73. The summed E-state index contributed by atoms with van der Waals surface area (Å²) in [6.07, 6.45) is 0. The van der Waals surface area contributed by atoms with E-state index in [9.17, 15) is 0 Å². The molecule has 0 N–H and O–H groups in total. The average molecular weight is 259 g/mol. The highest BCUT2D eigenvalue weighted by Crippen LogP contribution is 2.22. The van der Waals surface area contributed by atoms with Gasteiger partial charge in [0.2, 0.25) is 0 Å². The maximum absolute atomic E-state index is 6.16. The monoisotopic (exact) mass is 258 g/mol. The molecule has 0 atom stereocenters. The van der Waals surface area contributed by atoms with E-state index in [0.717, 1.165) is 43.3 Å². The van der Waals surface area contributed by atoms with Gasteiger partial charge in [0.15, 0.2) is 0 Å². The average Bonchev–Trinajstić information content (AvgIpc) is 2.25. The Balaban J connectivity index is 1.98. The predicted octanol–water partition coefficient (Wildman–Crippen LogP) is 2.74. The molecule has 4 heteroatoms. The van der Waals surface area contributed by atoms with Gasteiger partial charge in [0, 0.05) is 42.8 Å². The van der Waals surface area contributed by atoms with Gasteiger partial charge in [-0.3, -0.25) is 4.90 Å². The second-order valence-corrected chi connectivity index (χ2v) is 5.16. The number of halogens is 2. The molecule has 1 saturated heterocycles. The third kappa shape index (κ3) is 3.11. The number of hydrogen-bond donors (Lipinski definition) is 0. The van der Waals surface area contributed by atoms with E-state index < -0.39 is 0 Å². The first-order chi connectivity index (χ1) is 7.65. The molecule has 0 aliphatic carbocycles. The maximum atomic E-state index is 6.16. The second kappa shape index (κ2) is 5.37. The molecule has 1 fully saturated rings. The van der Waals surface area contributed by atoms with Crippen LogP contribution in [0.5, 0.6) is 0 Å². The van der Waals surface area contributed by atoms with Crippen LogP contribution in [0.3, 0.4) is 0 Å². The molecule has 0 spiro atoms. The summed E-state index contributed by atoms with van der Waals surface area (Å²) in [4.78, 5) is 4.77. The van der Waals surface area contributed by atoms with E-state index in [1.807, 2.05) is 18.2 Å². The molecule has 0 radical (unpaired) electrons. The highest BCUT2D eigenvalue weighted by Gasteiger charge is 2.14. The molecule has 16 heavy (non-hydrogen) atoms. The van der Waals surface area contributed by atoms with Crippen molar-refractivity contribution in [2.45, 2.75) is 6.54 Å². The molecule has 1 heterocycles. The molecule has 0 amide bonds. The summed E-state index contributed by atoms with van der Waals surface area (Å²) in [5, 5.41) is 1.47. The SMILES string of the molecule is CN1CCN(Cc2ccc(Cl)cc2Cl)CC1. The quantitative estimate of drug-likeness (QED) is 0.805. The summed E-state index contributed by atoms with van der Waals surface area (Å²) >= 11 is 12.0. The molecule has 88 valence electrons. The molecule has 0 saturated carbocycles. The van der Waals surface area contributed by atoms with Crippen LogP contribution in [-0.2, 0) is 6.54 Å². The van der Waals surface area contributed by atoms with Crippen molar-refractivity contribution in [2.24, 2.45) is 0 Å². The van der Waals surface area contributed by atoms with Gasteiger partial charge >= 0.3 is 0 Å². The van der Waals surface area contributed by atoms with Crippen LogP contribution in [0.15, 0.2) is 18.2 Å². The third-order valence-corrected chi connectivity index (χ3v) is 3.59. The van der Waals surface area contributed by atoms with Gasteiger partial charge < -0.3 is 4.90 Å². The van der Waals surface area contributed by atoms with Gasteiger partial charge in [0.25, 0.3) is 0 Å². The lowest BCUT2D eigenvalue weighted by Crippen LogP contribution is -2.43. The fourth-order valence-electron chi connectivity index (χ4n) is 1.90. The highest BCUT2D eigenvalue weighted by atomic mass is 35.5. The minimum absolute atomic E-state index is 0.701. The molecule has 0 aromatic heterocycles. The molecule has 1 aliphatic rings. The van der Waals surface area contributed by atoms with Crippen molar-refractivity contribution in [3.63, 3.8) is 0 Å². The van der Waals surface area contributed by atoms with Crippen molar-refractivity contribution in [2.75, 3.05) is 33.2 Å². The normalized spacial score (nSPS) is 18.9. The van der Waals surface area contributed by atoms with Gasteiger partial charge in [-0.05, 0) is 24.7 Å². The largest absolute Gasteiger partial charge is 0.304 e. The fraction of sp³-hybridized carbons (Fsp3) is 0.500. The van der Waals surface area contributed by atoms with Crippen LogP contribution in [0.25, 0.3) is 0 Å². The van der Waals surface area contributed by atoms with Crippen LogP contribution in [0, 0.1) is 0 Å². The maximum Gasteiger partial charge on any atom is 0.0465 e. The van der Waals surface area contributed by atoms with Crippen molar-refractivity contribution < 1.29 is 0 Å². The van der Waals surface area contributed by atoms with Crippen LogP contribution >= 0.6 is 23.2 Å². The summed E-state index contributed by atoms with van der Waals surface area (Å²) in [5.41, 5.74) is 1.16. The van der Waals surface area contributed by atoms with Crippen LogP contribution in [0.2, 0.25) is 10.0 Å². The molecule has 1 aromatic carbocycles. The summed E-state index contributed by atoms with van der Waals surface area (Å²) in [6.45, 7) is 5.39. The van der Waals surface area contributed by atoms with E-state index in [4.69, 9.17) is 23.2 Å². The van der Waals surface area contributed by atoms with Gasteiger partial charge in [-0.25, -0.2) is 0 Å². The van der Waals surface area contributed by atoms with Crippen molar-refractivity contribution >= 4 is 23.2 Å². The Kier molecular flexibility index (Phi) is 4.09. The molecular weight excluding hydrogens is 243 g/mol. The highest BCUT2D eigenvalue weighted by molar-refractivity contribution is 6.35. The molecular formula is C12H16Cl2N2. The first-order valence-electron chi connectivity index (χ1n) is 5.50. The molecule has 2 rings (SSSR count). The Hall–Kier alpha value is -0.280. The Morgan fingerprint density at radius 2 is 1.81 bits per heavy atom. The summed E-state index contributed by atoms with van der Waals surface area (Å²) in [7, 11) is 2.16. The molecule has 1 aromatic rings. The van der Waals surface area contributed by atoms with Crippen molar-refractivity contribution in [1.29, 1.82) is 0 Å². The Bertz CT molecular complexity index is 360. The van der Waals surface area contributed by atoms with Crippen molar-refractivity contribution in [3.05, 3.63) is 33.8 Å². The number of rotatable bonds is 2. The predicted molar refractivity (Wildman–Crippen MR) is 69.2 cm³/mol. The van der Waals surface area contributed by atoms with E-state index in [-0.39, 0.29) is 0 Å². The zero-order chi connectivity index (χ0) is 11.5. The second-order valence-electron chi connectivity index (χ2n) is 4.32. The van der Waals surface area contributed by atoms with Crippen LogP contribution in [0.4, 0.5) is 0 Å².